The lowest BCUT2D eigenvalue weighted by molar-refractivity contribution is -0.913. The zero-order valence-corrected chi connectivity index (χ0v) is 13.4. The maximum atomic E-state index is 11.7. The minimum atomic E-state index is -1.14. The van der Waals surface area contributed by atoms with Gasteiger partial charge in [-0.2, -0.15) is 0 Å². The summed E-state index contributed by atoms with van der Waals surface area (Å²) in [7, 11) is 0. The molecular formula is C15H27N2O6+. The standard InChI is InChI=1S/C15H26N2O6/c1-2-3-4-5-6-13(19)16-7-8-17(9-10-18,11-14(20)21)12-15(22)23/h2,18H,1,3-12H2,(H2-,16,19,20,21,22,23)/p+1. The monoisotopic (exact) mass is 331 g/mol. The molecule has 0 aromatic heterocycles. The van der Waals surface area contributed by atoms with Crippen LogP contribution in [0.4, 0.5) is 0 Å². The molecule has 8 nitrogen and oxygen atoms in total. The SMILES string of the molecule is C=CCCCCC(=O)NCC[N+](CCO)(CC(=O)O)CC(=O)O. The molecule has 0 bridgehead atoms. The van der Waals surface area contributed by atoms with Crippen LogP contribution in [0.5, 0.6) is 0 Å². The molecule has 8 heteroatoms. The van der Waals surface area contributed by atoms with Crippen molar-refractivity contribution in [2.45, 2.75) is 25.7 Å². The summed E-state index contributed by atoms with van der Waals surface area (Å²) in [6.45, 7) is 2.76. The largest absolute Gasteiger partial charge is 0.477 e. The maximum absolute atomic E-state index is 11.7. The van der Waals surface area contributed by atoms with Gasteiger partial charge in [-0.1, -0.05) is 6.08 Å². The molecule has 0 aliphatic rings. The first kappa shape index (κ1) is 21.1. The number of carboxylic acid groups (broad SMARTS) is 2. The van der Waals surface area contributed by atoms with Crippen LogP contribution in [0.3, 0.4) is 0 Å². The number of nitrogens with zero attached hydrogens (tertiary/aromatic N) is 1. The van der Waals surface area contributed by atoms with Crippen LogP contribution in [0, 0.1) is 0 Å². The summed E-state index contributed by atoms with van der Waals surface area (Å²) in [6.07, 6.45) is 4.61. The van der Waals surface area contributed by atoms with Crippen molar-refractivity contribution < 1.29 is 34.2 Å². The lowest BCUT2D eigenvalue weighted by atomic mass is 10.2. The smallest absolute Gasteiger partial charge is 0.359 e. The molecule has 0 rings (SSSR count). The van der Waals surface area contributed by atoms with E-state index in [-0.39, 0.29) is 36.6 Å². The fourth-order valence-corrected chi connectivity index (χ4v) is 2.37. The van der Waals surface area contributed by atoms with Gasteiger partial charge in [-0.25, -0.2) is 9.59 Å². The van der Waals surface area contributed by atoms with E-state index in [1.165, 1.54) is 0 Å². The molecule has 0 aromatic carbocycles. The van der Waals surface area contributed by atoms with Crippen LogP contribution in [0.1, 0.15) is 25.7 Å². The van der Waals surface area contributed by atoms with E-state index in [2.05, 4.69) is 11.9 Å². The Labute approximate surface area is 136 Å². The lowest BCUT2D eigenvalue weighted by Gasteiger charge is -2.35. The summed E-state index contributed by atoms with van der Waals surface area (Å²) in [5.41, 5.74) is 0. The first-order chi connectivity index (χ1) is 10.8. The third-order valence-electron chi connectivity index (χ3n) is 3.49. The van der Waals surface area contributed by atoms with Gasteiger partial charge in [-0.3, -0.25) is 4.79 Å². The molecule has 132 valence electrons. The van der Waals surface area contributed by atoms with E-state index in [4.69, 9.17) is 15.3 Å². The summed E-state index contributed by atoms with van der Waals surface area (Å²) in [4.78, 5) is 33.6. The number of nitrogens with one attached hydrogen (secondary N) is 1. The minimum Gasteiger partial charge on any atom is -0.477 e. The summed E-state index contributed by atoms with van der Waals surface area (Å²) in [5, 5.41) is 29.7. The first-order valence-corrected chi connectivity index (χ1v) is 7.62. The fraction of sp³-hybridized carbons (Fsp3) is 0.667. The zero-order chi connectivity index (χ0) is 17.7. The number of unbranched alkanes of at least 4 members (excludes halogenated alkanes) is 2. The second kappa shape index (κ2) is 11.6. The Morgan fingerprint density at radius 1 is 1.04 bits per heavy atom. The van der Waals surface area contributed by atoms with E-state index in [0.717, 1.165) is 19.3 Å². The predicted octanol–water partition coefficient (Wildman–Crippen LogP) is -0.173. The van der Waals surface area contributed by atoms with Gasteiger partial charge < -0.3 is 25.1 Å². The van der Waals surface area contributed by atoms with Crippen molar-refractivity contribution in [3.8, 4) is 0 Å². The average molecular weight is 331 g/mol. The molecule has 0 saturated carbocycles. The van der Waals surface area contributed by atoms with Gasteiger partial charge in [0.15, 0.2) is 13.1 Å². The molecule has 0 aromatic rings. The molecule has 23 heavy (non-hydrogen) atoms. The fourth-order valence-electron chi connectivity index (χ4n) is 2.37. The summed E-state index contributed by atoms with van der Waals surface area (Å²) in [6, 6.07) is 0. The van der Waals surface area contributed by atoms with Crippen molar-refractivity contribution in [1.29, 1.82) is 0 Å². The highest BCUT2D eigenvalue weighted by molar-refractivity contribution is 5.75. The molecule has 0 aliphatic heterocycles. The Bertz CT molecular complexity index is 395. The molecule has 1 amide bonds. The number of amides is 1. The predicted molar refractivity (Wildman–Crippen MR) is 83.8 cm³/mol. The number of aliphatic carboxylic acids is 2. The third kappa shape index (κ3) is 10.4. The number of carbonyl (C=O) groups is 3. The van der Waals surface area contributed by atoms with E-state index >= 15 is 0 Å². The number of quaternary nitrogens is 1. The first-order valence-electron chi connectivity index (χ1n) is 7.62. The van der Waals surface area contributed by atoms with E-state index in [1.807, 2.05) is 0 Å². The van der Waals surface area contributed by atoms with Crippen molar-refractivity contribution in [2.75, 3.05) is 39.3 Å². The van der Waals surface area contributed by atoms with Gasteiger partial charge >= 0.3 is 11.9 Å². The molecular weight excluding hydrogens is 304 g/mol. The number of hydrogen-bond acceptors (Lipinski definition) is 4. The topological polar surface area (TPSA) is 124 Å². The van der Waals surface area contributed by atoms with Crippen molar-refractivity contribution in [2.24, 2.45) is 0 Å². The van der Waals surface area contributed by atoms with Gasteiger partial charge in [-0.15, -0.1) is 6.58 Å². The Balaban J connectivity index is 4.46. The van der Waals surface area contributed by atoms with Gasteiger partial charge in [0.25, 0.3) is 0 Å². The molecule has 0 fully saturated rings. The molecule has 0 heterocycles. The molecule has 0 spiro atoms. The number of aliphatic hydroxyl groups excluding tert-OH is 1. The van der Waals surface area contributed by atoms with Crippen molar-refractivity contribution in [3.05, 3.63) is 12.7 Å². The van der Waals surface area contributed by atoms with Crippen molar-refractivity contribution >= 4 is 17.8 Å². The Hall–Kier alpha value is -1.93. The number of hydrogen-bond donors (Lipinski definition) is 4. The highest BCUT2D eigenvalue weighted by Crippen LogP contribution is 2.06. The number of rotatable bonds is 14. The average Bonchev–Trinajstić information content (AvgIpc) is 2.42. The number of aliphatic hydroxyl groups is 1. The minimum absolute atomic E-state index is 0.00774. The maximum Gasteiger partial charge on any atom is 0.359 e. The van der Waals surface area contributed by atoms with Crippen LogP contribution in [0.2, 0.25) is 0 Å². The Morgan fingerprint density at radius 2 is 1.65 bits per heavy atom. The van der Waals surface area contributed by atoms with E-state index < -0.39 is 25.0 Å². The van der Waals surface area contributed by atoms with Gasteiger partial charge in [0.1, 0.15) is 6.54 Å². The highest BCUT2D eigenvalue weighted by Gasteiger charge is 2.32. The van der Waals surface area contributed by atoms with Crippen LogP contribution in [-0.2, 0) is 14.4 Å². The quantitative estimate of drug-likeness (QED) is 0.199. The summed E-state index contributed by atoms with van der Waals surface area (Å²) < 4.78 is -0.308. The van der Waals surface area contributed by atoms with E-state index in [1.54, 1.807) is 6.08 Å². The Morgan fingerprint density at radius 3 is 2.13 bits per heavy atom. The van der Waals surface area contributed by atoms with Crippen LogP contribution < -0.4 is 5.32 Å². The second-order valence-corrected chi connectivity index (χ2v) is 5.50. The number of carbonyl (C=O) groups excluding carboxylic acids is 1. The van der Waals surface area contributed by atoms with Gasteiger partial charge in [0.05, 0.1) is 19.7 Å². The van der Waals surface area contributed by atoms with E-state index in [0.29, 0.717) is 6.42 Å². The third-order valence-corrected chi connectivity index (χ3v) is 3.49. The highest BCUT2D eigenvalue weighted by atomic mass is 16.4. The van der Waals surface area contributed by atoms with Crippen LogP contribution in [0.25, 0.3) is 0 Å². The molecule has 0 aliphatic carbocycles. The van der Waals surface area contributed by atoms with Crippen LogP contribution in [0.15, 0.2) is 12.7 Å². The van der Waals surface area contributed by atoms with E-state index in [9.17, 15) is 14.4 Å². The molecule has 0 saturated heterocycles. The summed E-state index contributed by atoms with van der Waals surface area (Å²) in [5.74, 6) is -2.44. The zero-order valence-electron chi connectivity index (χ0n) is 13.4. The molecule has 0 unspecified atom stereocenters. The lowest BCUT2D eigenvalue weighted by Crippen LogP contribution is -2.58. The summed E-state index contributed by atoms with van der Waals surface area (Å²) >= 11 is 0. The molecule has 0 radical (unpaired) electrons. The molecule has 0 atom stereocenters. The normalized spacial score (nSPS) is 11.0. The van der Waals surface area contributed by atoms with Gasteiger partial charge in [0, 0.05) is 6.42 Å². The van der Waals surface area contributed by atoms with Gasteiger partial charge in [-0.05, 0) is 19.3 Å². The number of allylic oxidation sites excluding steroid dienone is 1. The van der Waals surface area contributed by atoms with Crippen LogP contribution >= 0.6 is 0 Å². The van der Waals surface area contributed by atoms with Crippen molar-refractivity contribution in [1.82, 2.24) is 5.32 Å². The number of carboxylic acids is 2. The second-order valence-electron chi connectivity index (χ2n) is 5.50. The molecule has 4 N–H and O–H groups in total. The van der Waals surface area contributed by atoms with Crippen LogP contribution in [-0.4, -0.2) is 77.0 Å². The van der Waals surface area contributed by atoms with Crippen molar-refractivity contribution in [3.63, 3.8) is 0 Å². The van der Waals surface area contributed by atoms with Gasteiger partial charge in [0.2, 0.25) is 5.91 Å². The Kier molecular flexibility index (Phi) is 10.6.